The third-order valence-corrected chi connectivity index (χ3v) is 1.85. The van der Waals surface area contributed by atoms with Crippen LogP contribution in [0, 0.1) is 0 Å². The van der Waals surface area contributed by atoms with Gasteiger partial charge in [0.05, 0.1) is 14.2 Å². The van der Waals surface area contributed by atoms with Gasteiger partial charge in [-0.05, 0) is 12.0 Å². The van der Waals surface area contributed by atoms with Gasteiger partial charge in [-0.15, -0.1) is 0 Å². The summed E-state index contributed by atoms with van der Waals surface area (Å²) in [6.07, 6.45) is 2.72. The van der Waals surface area contributed by atoms with Crippen LogP contribution in [0.15, 0.2) is 18.3 Å². The zero-order valence-corrected chi connectivity index (χ0v) is 8.32. The van der Waals surface area contributed by atoms with Crippen LogP contribution >= 0.6 is 0 Å². The van der Waals surface area contributed by atoms with Crippen molar-refractivity contribution >= 4 is 5.97 Å². The molecular weight excluding hydrogens is 182 g/mol. The Labute approximate surface area is 82.9 Å². The number of nitrogens with zero attached hydrogens (tertiary/aromatic N) is 1. The summed E-state index contributed by atoms with van der Waals surface area (Å²) >= 11 is 0. The molecule has 0 saturated carbocycles. The fraction of sp³-hybridized carbons (Fsp3) is 0.400. The van der Waals surface area contributed by atoms with Gasteiger partial charge in [0.2, 0.25) is 5.88 Å². The van der Waals surface area contributed by atoms with Gasteiger partial charge in [-0.2, -0.15) is 0 Å². The minimum atomic E-state index is -0.208. The van der Waals surface area contributed by atoms with Crippen LogP contribution in [-0.2, 0) is 16.0 Å². The molecule has 0 aliphatic rings. The largest absolute Gasteiger partial charge is 0.481 e. The number of pyridine rings is 1. The van der Waals surface area contributed by atoms with Gasteiger partial charge in [-0.1, -0.05) is 6.07 Å². The molecule has 1 aromatic heterocycles. The molecule has 76 valence electrons. The third kappa shape index (κ3) is 3.05. The molecule has 0 spiro atoms. The highest BCUT2D eigenvalue weighted by Gasteiger charge is 2.01. The van der Waals surface area contributed by atoms with Gasteiger partial charge in [-0.25, -0.2) is 4.98 Å². The minimum absolute atomic E-state index is 0.208. The van der Waals surface area contributed by atoms with Crippen molar-refractivity contribution in [2.24, 2.45) is 0 Å². The van der Waals surface area contributed by atoms with Crippen LogP contribution < -0.4 is 4.74 Å². The van der Waals surface area contributed by atoms with E-state index in [1.165, 1.54) is 7.11 Å². The molecule has 0 aromatic carbocycles. The Hall–Kier alpha value is -1.58. The molecule has 0 N–H and O–H groups in total. The lowest BCUT2D eigenvalue weighted by Crippen LogP contribution is -2.02. The lowest BCUT2D eigenvalue weighted by Gasteiger charge is -2.01. The Morgan fingerprint density at radius 2 is 2.21 bits per heavy atom. The number of carbonyl (C=O) groups excluding carboxylic acids is 1. The topological polar surface area (TPSA) is 48.4 Å². The fourth-order valence-electron chi connectivity index (χ4n) is 1.03. The van der Waals surface area contributed by atoms with Crippen molar-refractivity contribution in [1.82, 2.24) is 4.98 Å². The van der Waals surface area contributed by atoms with E-state index in [-0.39, 0.29) is 5.97 Å². The maximum absolute atomic E-state index is 10.8. The molecule has 0 atom stereocenters. The number of ether oxygens (including phenoxy) is 2. The highest BCUT2D eigenvalue weighted by Crippen LogP contribution is 2.08. The van der Waals surface area contributed by atoms with Crippen molar-refractivity contribution in [1.29, 1.82) is 0 Å². The molecule has 1 rings (SSSR count). The first-order valence-electron chi connectivity index (χ1n) is 4.32. The highest BCUT2D eigenvalue weighted by atomic mass is 16.5. The average molecular weight is 195 g/mol. The van der Waals surface area contributed by atoms with Crippen molar-refractivity contribution in [3.8, 4) is 5.88 Å². The summed E-state index contributed by atoms with van der Waals surface area (Å²) in [5.74, 6) is 0.368. The Bertz CT molecular complexity index is 295. The molecule has 4 nitrogen and oxygen atoms in total. The Balaban J connectivity index is 2.47. The SMILES string of the molecule is COC(=O)CCc1ccc(OC)nc1. The predicted octanol–water partition coefficient (Wildman–Crippen LogP) is 1.20. The summed E-state index contributed by atoms with van der Waals surface area (Å²) in [4.78, 5) is 14.9. The number of esters is 1. The zero-order chi connectivity index (χ0) is 10.4. The lowest BCUT2D eigenvalue weighted by atomic mass is 10.1. The van der Waals surface area contributed by atoms with E-state index in [1.54, 1.807) is 19.4 Å². The van der Waals surface area contributed by atoms with Crippen molar-refractivity contribution in [3.63, 3.8) is 0 Å². The van der Waals surface area contributed by atoms with E-state index in [0.717, 1.165) is 5.56 Å². The van der Waals surface area contributed by atoms with Gasteiger partial charge in [0.25, 0.3) is 0 Å². The second kappa shape index (κ2) is 5.21. The standard InChI is InChI=1S/C10H13NO3/c1-13-9-5-3-8(7-11-9)4-6-10(12)14-2/h3,5,7H,4,6H2,1-2H3. The molecule has 0 aliphatic carbocycles. The molecule has 0 bridgehead atoms. The predicted molar refractivity (Wildman–Crippen MR) is 51.1 cm³/mol. The molecule has 0 amide bonds. The van der Waals surface area contributed by atoms with Crippen LogP contribution in [0.3, 0.4) is 0 Å². The number of carbonyl (C=O) groups is 1. The van der Waals surface area contributed by atoms with Gasteiger partial charge in [0, 0.05) is 18.7 Å². The maximum Gasteiger partial charge on any atom is 0.305 e. The first-order valence-corrected chi connectivity index (χ1v) is 4.32. The first kappa shape index (κ1) is 10.5. The fourth-order valence-corrected chi connectivity index (χ4v) is 1.03. The Morgan fingerprint density at radius 3 is 2.71 bits per heavy atom. The van der Waals surface area contributed by atoms with Crippen LogP contribution in [0.2, 0.25) is 0 Å². The van der Waals surface area contributed by atoms with Gasteiger partial charge < -0.3 is 9.47 Å². The van der Waals surface area contributed by atoms with Crippen molar-refractivity contribution < 1.29 is 14.3 Å². The van der Waals surface area contributed by atoms with E-state index in [1.807, 2.05) is 6.07 Å². The summed E-state index contributed by atoms with van der Waals surface area (Å²) in [5.41, 5.74) is 0.996. The summed E-state index contributed by atoms with van der Waals surface area (Å²) < 4.78 is 9.45. The van der Waals surface area contributed by atoms with Crippen LogP contribution in [0.4, 0.5) is 0 Å². The molecule has 0 fully saturated rings. The lowest BCUT2D eigenvalue weighted by molar-refractivity contribution is -0.140. The van der Waals surface area contributed by atoms with E-state index in [2.05, 4.69) is 9.72 Å². The second-order valence-corrected chi connectivity index (χ2v) is 2.78. The van der Waals surface area contributed by atoms with Gasteiger partial charge >= 0.3 is 5.97 Å². The number of methoxy groups -OCH3 is 2. The van der Waals surface area contributed by atoms with E-state index in [0.29, 0.717) is 18.7 Å². The smallest absolute Gasteiger partial charge is 0.305 e. The molecule has 0 aliphatic heterocycles. The van der Waals surface area contributed by atoms with E-state index in [9.17, 15) is 4.79 Å². The molecule has 14 heavy (non-hydrogen) atoms. The second-order valence-electron chi connectivity index (χ2n) is 2.78. The summed E-state index contributed by atoms with van der Waals surface area (Å²) in [6.45, 7) is 0. The van der Waals surface area contributed by atoms with Crippen molar-refractivity contribution in [2.75, 3.05) is 14.2 Å². The van der Waals surface area contributed by atoms with Crippen LogP contribution in [0.1, 0.15) is 12.0 Å². The van der Waals surface area contributed by atoms with Crippen LogP contribution in [0.25, 0.3) is 0 Å². The van der Waals surface area contributed by atoms with Crippen molar-refractivity contribution in [3.05, 3.63) is 23.9 Å². The average Bonchev–Trinajstić information content (AvgIpc) is 2.26. The number of rotatable bonds is 4. The molecule has 0 saturated heterocycles. The summed E-state index contributed by atoms with van der Waals surface area (Å²) in [5, 5.41) is 0. The minimum Gasteiger partial charge on any atom is -0.481 e. The molecule has 0 unspecified atom stereocenters. The van der Waals surface area contributed by atoms with Gasteiger partial charge in [-0.3, -0.25) is 4.79 Å². The Morgan fingerprint density at radius 1 is 1.43 bits per heavy atom. The van der Waals surface area contributed by atoms with Gasteiger partial charge in [0.1, 0.15) is 0 Å². The van der Waals surface area contributed by atoms with Crippen LogP contribution in [0.5, 0.6) is 5.88 Å². The van der Waals surface area contributed by atoms with Gasteiger partial charge in [0.15, 0.2) is 0 Å². The third-order valence-electron chi connectivity index (χ3n) is 1.85. The summed E-state index contributed by atoms with van der Waals surface area (Å²) in [7, 11) is 2.95. The number of aryl methyl sites for hydroxylation is 1. The van der Waals surface area contributed by atoms with E-state index >= 15 is 0 Å². The molecule has 1 heterocycles. The molecule has 1 aromatic rings. The van der Waals surface area contributed by atoms with Crippen LogP contribution in [-0.4, -0.2) is 25.2 Å². The highest BCUT2D eigenvalue weighted by molar-refractivity contribution is 5.69. The van der Waals surface area contributed by atoms with E-state index < -0.39 is 0 Å². The first-order chi connectivity index (χ1) is 6.76. The number of hydrogen-bond acceptors (Lipinski definition) is 4. The van der Waals surface area contributed by atoms with E-state index in [4.69, 9.17) is 4.74 Å². The quantitative estimate of drug-likeness (QED) is 0.677. The number of hydrogen-bond donors (Lipinski definition) is 0. The number of aromatic nitrogens is 1. The maximum atomic E-state index is 10.8. The zero-order valence-electron chi connectivity index (χ0n) is 8.32. The molecular formula is C10H13NO3. The van der Waals surface area contributed by atoms with Crippen molar-refractivity contribution in [2.45, 2.75) is 12.8 Å². The normalized spacial score (nSPS) is 9.57. The molecule has 4 heteroatoms. The molecule has 0 radical (unpaired) electrons. The monoisotopic (exact) mass is 195 g/mol. The summed E-state index contributed by atoms with van der Waals surface area (Å²) in [6, 6.07) is 3.65. The Kier molecular flexibility index (Phi) is 3.91.